The van der Waals surface area contributed by atoms with Gasteiger partial charge < -0.3 is 10.5 Å². The Labute approximate surface area is 99.7 Å². The van der Waals surface area contributed by atoms with Crippen LogP contribution >= 0.6 is 0 Å². The molecule has 4 heteroatoms. The molecule has 4 nitrogen and oxygen atoms in total. The Morgan fingerprint density at radius 3 is 3.06 bits per heavy atom. The molecule has 1 aromatic carbocycles. The fraction of sp³-hybridized carbons (Fsp3) is 0.385. The first-order chi connectivity index (χ1) is 8.22. The van der Waals surface area contributed by atoms with Gasteiger partial charge in [-0.05, 0) is 30.0 Å². The van der Waals surface area contributed by atoms with E-state index < -0.39 is 0 Å². The summed E-state index contributed by atoms with van der Waals surface area (Å²) in [6.45, 7) is 0.540. The Kier molecular flexibility index (Phi) is 2.08. The molecule has 1 unspecified atom stereocenters. The largest absolute Gasteiger partial charge is 0.463 e. The van der Waals surface area contributed by atoms with Gasteiger partial charge in [0.05, 0.1) is 11.6 Å². The van der Waals surface area contributed by atoms with E-state index in [1.165, 1.54) is 5.56 Å². The number of ether oxygens (including phenoxy) is 1. The van der Waals surface area contributed by atoms with E-state index in [9.17, 15) is 0 Å². The number of benzene rings is 1. The maximum Gasteiger partial charge on any atom is 0.282 e. The normalized spacial score (nSPS) is 25.9. The van der Waals surface area contributed by atoms with Gasteiger partial charge in [0.15, 0.2) is 0 Å². The summed E-state index contributed by atoms with van der Waals surface area (Å²) in [4.78, 5) is 4.42. The molecular weight excluding hydrogens is 214 g/mol. The van der Waals surface area contributed by atoms with Gasteiger partial charge in [-0.3, -0.25) is 0 Å². The van der Waals surface area contributed by atoms with Gasteiger partial charge >= 0.3 is 0 Å². The number of amidine groups is 1. The second-order valence-corrected chi connectivity index (χ2v) is 4.69. The number of nitriles is 1. The number of hydrogen-bond acceptors (Lipinski definition) is 4. The van der Waals surface area contributed by atoms with Gasteiger partial charge in [0.1, 0.15) is 12.1 Å². The van der Waals surface area contributed by atoms with Gasteiger partial charge in [-0.15, -0.1) is 0 Å². The van der Waals surface area contributed by atoms with Gasteiger partial charge in [-0.2, -0.15) is 5.26 Å². The quantitative estimate of drug-likeness (QED) is 0.722. The van der Waals surface area contributed by atoms with Crippen LogP contribution in [-0.2, 0) is 17.6 Å². The average Bonchev–Trinajstić information content (AvgIpc) is 2.70. The number of nitrogens with zero attached hydrogens (tertiary/aromatic N) is 2. The zero-order valence-electron chi connectivity index (χ0n) is 9.44. The van der Waals surface area contributed by atoms with Crippen molar-refractivity contribution in [2.24, 2.45) is 10.7 Å². The molecular formula is C13H13N3O. The molecule has 1 aromatic rings. The van der Waals surface area contributed by atoms with Crippen LogP contribution in [0.25, 0.3) is 0 Å². The lowest BCUT2D eigenvalue weighted by molar-refractivity contribution is 0.235. The average molecular weight is 227 g/mol. The molecule has 3 rings (SSSR count). The molecule has 1 aliphatic carbocycles. The SMILES string of the molecule is N#Cc1cccc2c1CC1(CC2)COC(N)=N1. The summed E-state index contributed by atoms with van der Waals surface area (Å²) >= 11 is 0. The fourth-order valence-electron chi connectivity index (χ4n) is 2.69. The molecule has 1 heterocycles. The zero-order chi connectivity index (χ0) is 11.9. The Morgan fingerprint density at radius 2 is 2.35 bits per heavy atom. The first kappa shape index (κ1) is 10.2. The number of rotatable bonds is 0. The second-order valence-electron chi connectivity index (χ2n) is 4.69. The van der Waals surface area contributed by atoms with Crippen molar-refractivity contribution in [2.75, 3.05) is 6.61 Å². The molecule has 0 fully saturated rings. The highest BCUT2D eigenvalue weighted by Gasteiger charge is 2.39. The monoisotopic (exact) mass is 227 g/mol. The minimum atomic E-state index is -0.232. The van der Waals surface area contributed by atoms with Crippen molar-refractivity contribution in [3.05, 3.63) is 34.9 Å². The summed E-state index contributed by atoms with van der Waals surface area (Å²) in [5, 5.41) is 9.14. The molecule has 0 saturated heterocycles. The van der Waals surface area contributed by atoms with E-state index in [-0.39, 0.29) is 11.6 Å². The molecule has 1 atom stereocenters. The summed E-state index contributed by atoms with van der Waals surface area (Å²) in [5.41, 5.74) is 8.49. The second kappa shape index (κ2) is 3.49. The van der Waals surface area contributed by atoms with Crippen molar-refractivity contribution in [3.8, 4) is 6.07 Å². The van der Waals surface area contributed by atoms with Crippen LogP contribution in [0.5, 0.6) is 0 Å². The van der Waals surface area contributed by atoms with E-state index in [1.54, 1.807) is 0 Å². The third-order valence-corrected chi connectivity index (χ3v) is 3.60. The van der Waals surface area contributed by atoms with Crippen LogP contribution < -0.4 is 5.73 Å². The number of nitrogens with two attached hydrogens (primary N) is 1. The van der Waals surface area contributed by atoms with Gasteiger partial charge in [0, 0.05) is 6.42 Å². The van der Waals surface area contributed by atoms with E-state index in [4.69, 9.17) is 15.7 Å². The lowest BCUT2D eigenvalue weighted by Gasteiger charge is -2.30. The molecule has 2 N–H and O–H groups in total. The van der Waals surface area contributed by atoms with E-state index in [0.717, 1.165) is 30.4 Å². The van der Waals surface area contributed by atoms with Crippen LogP contribution in [0.3, 0.4) is 0 Å². The molecule has 1 aliphatic heterocycles. The number of fused-ring (bicyclic) bond motifs is 1. The molecule has 0 amide bonds. The molecule has 1 spiro atoms. The van der Waals surface area contributed by atoms with Crippen molar-refractivity contribution in [1.29, 1.82) is 5.26 Å². The van der Waals surface area contributed by atoms with Crippen LogP contribution in [0.4, 0.5) is 0 Å². The number of hydrogen-bond donors (Lipinski definition) is 1. The zero-order valence-corrected chi connectivity index (χ0v) is 9.44. The lowest BCUT2D eigenvalue weighted by atomic mass is 9.77. The highest BCUT2D eigenvalue weighted by atomic mass is 16.5. The Balaban J connectivity index is 2.03. The molecule has 0 saturated carbocycles. The summed E-state index contributed by atoms with van der Waals surface area (Å²) in [5.74, 6) is 0. The molecule has 86 valence electrons. The summed E-state index contributed by atoms with van der Waals surface area (Å²) in [6.07, 6.45) is 2.63. The topological polar surface area (TPSA) is 71.4 Å². The smallest absolute Gasteiger partial charge is 0.282 e. The highest BCUT2D eigenvalue weighted by Crippen LogP contribution is 2.35. The van der Waals surface area contributed by atoms with Gasteiger partial charge in [0.25, 0.3) is 6.02 Å². The van der Waals surface area contributed by atoms with Crippen LogP contribution in [-0.4, -0.2) is 18.2 Å². The molecule has 0 aromatic heterocycles. The van der Waals surface area contributed by atoms with E-state index >= 15 is 0 Å². The number of aryl methyl sites for hydroxylation is 1. The minimum absolute atomic E-state index is 0.232. The van der Waals surface area contributed by atoms with Crippen LogP contribution in [0, 0.1) is 11.3 Å². The van der Waals surface area contributed by atoms with Crippen LogP contribution in [0.15, 0.2) is 23.2 Å². The first-order valence-corrected chi connectivity index (χ1v) is 5.71. The standard InChI is InChI=1S/C13H13N3O/c14-7-10-3-1-2-9-4-5-13(6-11(9)10)8-17-12(15)16-13/h1-3H,4-6,8H2,(H2,15,16). The number of aliphatic imine (C=N–C) groups is 1. The predicted molar refractivity (Wildman–Crippen MR) is 63.5 cm³/mol. The third-order valence-electron chi connectivity index (χ3n) is 3.60. The fourth-order valence-corrected chi connectivity index (χ4v) is 2.69. The van der Waals surface area contributed by atoms with E-state index in [2.05, 4.69) is 17.1 Å². The summed E-state index contributed by atoms with van der Waals surface area (Å²) < 4.78 is 5.28. The Bertz CT molecular complexity index is 544. The molecule has 17 heavy (non-hydrogen) atoms. The lowest BCUT2D eigenvalue weighted by Crippen LogP contribution is -2.36. The van der Waals surface area contributed by atoms with Gasteiger partial charge in [0.2, 0.25) is 0 Å². The van der Waals surface area contributed by atoms with E-state index in [1.807, 2.05) is 12.1 Å². The summed E-state index contributed by atoms with van der Waals surface area (Å²) in [6, 6.07) is 8.43. The summed E-state index contributed by atoms with van der Waals surface area (Å²) in [7, 11) is 0. The highest BCUT2D eigenvalue weighted by molar-refractivity contribution is 5.74. The predicted octanol–water partition coefficient (Wildman–Crippen LogP) is 1.13. The van der Waals surface area contributed by atoms with Crippen LogP contribution in [0.2, 0.25) is 0 Å². The molecule has 0 bridgehead atoms. The van der Waals surface area contributed by atoms with Crippen molar-refractivity contribution < 1.29 is 4.74 Å². The first-order valence-electron chi connectivity index (χ1n) is 5.71. The Morgan fingerprint density at radius 1 is 1.47 bits per heavy atom. The van der Waals surface area contributed by atoms with Gasteiger partial charge in [-0.25, -0.2) is 4.99 Å². The third kappa shape index (κ3) is 1.55. The van der Waals surface area contributed by atoms with Crippen molar-refractivity contribution in [1.82, 2.24) is 0 Å². The van der Waals surface area contributed by atoms with E-state index in [0.29, 0.717) is 6.61 Å². The Hall–Kier alpha value is -2.02. The molecule has 0 radical (unpaired) electrons. The van der Waals surface area contributed by atoms with Crippen LogP contribution in [0.1, 0.15) is 23.1 Å². The maximum atomic E-state index is 9.14. The molecule has 2 aliphatic rings. The van der Waals surface area contributed by atoms with Crippen molar-refractivity contribution >= 4 is 6.02 Å². The van der Waals surface area contributed by atoms with Crippen molar-refractivity contribution in [2.45, 2.75) is 24.8 Å². The maximum absolute atomic E-state index is 9.14. The minimum Gasteiger partial charge on any atom is -0.463 e. The van der Waals surface area contributed by atoms with Gasteiger partial charge in [-0.1, -0.05) is 12.1 Å². The van der Waals surface area contributed by atoms with Crippen molar-refractivity contribution in [3.63, 3.8) is 0 Å².